The first-order valence-corrected chi connectivity index (χ1v) is 8.23. The van der Waals surface area contributed by atoms with E-state index in [0.29, 0.717) is 22.5 Å². The second-order valence-electron chi connectivity index (χ2n) is 6.28. The van der Waals surface area contributed by atoms with E-state index in [-0.39, 0.29) is 17.7 Å². The monoisotopic (exact) mass is 330 g/mol. The molecule has 2 N–H and O–H groups in total. The number of carbonyl (C=O) groups is 2. The second kappa shape index (κ2) is 6.63. The SMILES string of the molecule is CCn1nc(C)c([C@@H](C)NC(=O)c2c(C)[nH]c(C(C)=O)c2C)c1C. The molecule has 0 aromatic carbocycles. The number of amides is 1. The van der Waals surface area contributed by atoms with Crippen molar-refractivity contribution >= 4 is 11.7 Å². The molecule has 2 aromatic heterocycles. The summed E-state index contributed by atoms with van der Waals surface area (Å²) in [5, 5.41) is 7.55. The predicted octanol–water partition coefficient (Wildman–Crippen LogP) is 3.16. The zero-order valence-corrected chi connectivity index (χ0v) is 15.5. The Morgan fingerprint density at radius 1 is 1.25 bits per heavy atom. The van der Waals surface area contributed by atoms with Crippen LogP contribution in [0.15, 0.2) is 0 Å². The Morgan fingerprint density at radius 2 is 1.88 bits per heavy atom. The Labute approximate surface area is 142 Å². The fourth-order valence-corrected chi connectivity index (χ4v) is 3.43. The first-order chi connectivity index (χ1) is 11.2. The zero-order chi connectivity index (χ0) is 18.2. The van der Waals surface area contributed by atoms with E-state index in [0.717, 1.165) is 23.5 Å². The van der Waals surface area contributed by atoms with Crippen molar-refractivity contribution in [1.29, 1.82) is 0 Å². The number of rotatable bonds is 5. The largest absolute Gasteiger partial charge is 0.355 e. The molecule has 2 rings (SSSR count). The van der Waals surface area contributed by atoms with Crippen LogP contribution < -0.4 is 5.32 Å². The molecule has 1 atom stereocenters. The highest BCUT2D eigenvalue weighted by Crippen LogP contribution is 2.23. The van der Waals surface area contributed by atoms with Gasteiger partial charge in [0.05, 0.1) is 23.0 Å². The molecular formula is C18H26N4O2. The highest BCUT2D eigenvalue weighted by molar-refractivity contribution is 6.02. The fraction of sp³-hybridized carbons (Fsp3) is 0.500. The maximum absolute atomic E-state index is 12.7. The lowest BCUT2D eigenvalue weighted by Crippen LogP contribution is -2.28. The Bertz CT molecular complexity index is 799. The third-order valence-corrected chi connectivity index (χ3v) is 4.53. The normalized spacial score (nSPS) is 12.3. The Kier molecular flexibility index (Phi) is 4.96. The molecule has 2 heterocycles. The lowest BCUT2D eigenvalue weighted by Gasteiger charge is -2.15. The standard InChI is InChI=1S/C18H26N4O2/c1-8-22-13(6)16(12(5)21-22)11(4)20-18(24)15-9(2)17(14(7)23)19-10(15)3/h11,19H,8H2,1-7H3,(H,20,24)/t11-/m1/s1. The van der Waals surface area contributed by atoms with Gasteiger partial charge in [-0.15, -0.1) is 0 Å². The van der Waals surface area contributed by atoms with Crippen molar-refractivity contribution in [1.82, 2.24) is 20.1 Å². The Hall–Kier alpha value is -2.37. The van der Waals surface area contributed by atoms with Crippen LogP contribution in [0.4, 0.5) is 0 Å². The number of hydrogen-bond donors (Lipinski definition) is 2. The van der Waals surface area contributed by atoms with E-state index < -0.39 is 0 Å². The molecular weight excluding hydrogens is 304 g/mol. The van der Waals surface area contributed by atoms with Crippen molar-refractivity contribution in [3.63, 3.8) is 0 Å². The number of aromatic nitrogens is 3. The predicted molar refractivity (Wildman–Crippen MR) is 93.5 cm³/mol. The number of Topliss-reactive ketones (excluding diaryl/α,β-unsaturated/α-hetero) is 1. The summed E-state index contributed by atoms with van der Waals surface area (Å²) in [5.74, 6) is -0.247. The van der Waals surface area contributed by atoms with E-state index in [1.807, 2.05) is 39.3 Å². The van der Waals surface area contributed by atoms with Gasteiger partial charge in [0, 0.05) is 30.4 Å². The van der Waals surface area contributed by atoms with Gasteiger partial charge in [-0.25, -0.2) is 0 Å². The average molecular weight is 330 g/mol. The van der Waals surface area contributed by atoms with Crippen molar-refractivity contribution in [2.24, 2.45) is 0 Å². The van der Waals surface area contributed by atoms with Crippen LogP contribution in [0.3, 0.4) is 0 Å². The average Bonchev–Trinajstić information content (AvgIpc) is 2.94. The maximum Gasteiger partial charge on any atom is 0.253 e. The molecule has 0 fully saturated rings. The Morgan fingerprint density at radius 3 is 2.33 bits per heavy atom. The fourth-order valence-electron chi connectivity index (χ4n) is 3.43. The van der Waals surface area contributed by atoms with Crippen LogP contribution in [0, 0.1) is 27.7 Å². The minimum atomic E-state index is -0.177. The number of ketones is 1. The molecule has 6 heteroatoms. The number of aromatic amines is 1. The number of nitrogens with one attached hydrogen (secondary N) is 2. The quantitative estimate of drug-likeness (QED) is 0.826. The second-order valence-corrected chi connectivity index (χ2v) is 6.28. The summed E-state index contributed by atoms with van der Waals surface area (Å²) in [5.41, 5.74) is 5.48. The summed E-state index contributed by atoms with van der Waals surface area (Å²) in [6.45, 7) is 13.9. The molecule has 2 aromatic rings. The van der Waals surface area contributed by atoms with E-state index in [2.05, 4.69) is 15.4 Å². The number of H-pyrrole nitrogens is 1. The van der Waals surface area contributed by atoms with Crippen LogP contribution in [0.5, 0.6) is 0 Å². The van der Waals surface area contributed by atoms with Gasteiger partial charge in [-0.1, -0.05) is 0 Å². The lowest BCUT2D eigenvalue weighted by atomic mass is 10.0. The Balaban J connectivity index is 2.31. The molecule has 0 bridgehead atoms. The van der Waals surface area contributed by atoms with Gasteiger partial charge in [-0.3, -0.25) is 14.3 Å². The van der Waals surface area contributed by atoms with E-state index in [9.17, 15) is 9.59 Å². The molecule has 0 saturated heterocycles. The van der Waals surface area contributed by atoms with Gasteiger partial charge in [0.15, 0.2) is 5.78 Å². The minimum Gasteiger partial charge on any atom is -0.355 e. The van der Waals surface area contributed by atoms with Crippen LogP contribution in [0.25, 0.3) is 0 Å². The summed E-state index contributed by atoms with van der Waals surface area (Å²) in [7, 11) is 0. The molecule has 0 aliphatic rings. The summed E-state index contributed by atoms with van der Waals surface area (Å²) in [6.07, 6.45) is 0. The van der Waals surface area contributed by atoms with E-state index in [1.54, 1.807) is 6.92 Å². The van der Waals surface area contributed by atoms with Crippen molar-refractivity contribution in [3.8, 4) is 0 Å². The molecule has 0 saturated carbocycles. The summed E-state index contributed by atoms with van der Waals surface area (Å²) >= 11 is 0. The van der Waals surface area contributed by atoms with Gasteiger partial charge in [-0.05, 0) is 47.1 Å². The summed E-state index contributed by atoms with van der Waals surface area (Å²) in [6, 6.07) is -0.160. The van der Waals surface area contributed by atoms with Crippen molar-refractivity contribution in [2.75, 3.05) is 0 Å². The molecule has 0 spiro atoms. The third-order valence-electron chi connectivity index (χ3n) is 4.53. The first-order valence-electron chi connectivity index (χ1n) is 8.23. The first kappa shape index (κ1) is 18.0. The molecule has 1 amide bonds. The molecule has 0 aliphatic heterocycles. The molecule has 0 radical (unpaired) electrons. The molecule has 0 unspecified atom stereocenters. The van der Waals surface area contributed by atoms with Crippen LogP contribution in [-0.4, -0.2) is 26.5 Å². The van der Waals surface area contributed by atoms with E-state index in [1.165, 1.54) is 6.92 Å². The third kappa shape index (κ3) is 3.00. The number of carbonyl (C=O) groups excluding carboxylic acids is 2. The van der Waals surface area contributed by atoms with Crippen LogP contribution in [0.2, 0.25) is 0 Å². The van der Waals surface area contributed by atoms with Crippen molar-refractivity contribution < 1.29 is 9.59 Å². The van der Waals surface area contributed by atoms with Crippen LogP contribution in [-0.2, 0) is 6.54 Å². The highest BCUT2D eigenvalue weighted by Gasteiger charge is 2.24. The molecule has 24 heavy (non-hydrogen) atoms. The maximum atomic E-state index is 12.7. The van der Waals surface area contributed by atoms with Gasteiger partial charge in [0.2, 0.25) is 0 Å². The van der Waals surface area contributed by atoms with Gasteiger partial charge < -0.3 is 10.3 Å². The molecule has 130 valence electrons. The van der Waals surface area contributed by atoms with Gasteiger partial charge >= 0.3 is 0 Å². The minimum absolute atomic E-state index is 0.0707. The van der Waals surface area contributed by atoms with E-state index in [4.69, 9.17) is 0 Å². The van der Waals surface area contributed by atoms with Gasteiger partial charge in [-0.2, -0.15) is 5.10 Å². The number of hydrogen-bond acceptors (Lipinski definition) is 3. The summed E-state index contributed by atoms with van der Waals surface area (Å²) < 4.78 is 1.94. The van der Waals surface area contributed by atoms with Crippen molar-refractivity contribution in [2.45, 2.75) is 61.1 Å². The lowest BCUT2D eigenvalue weighted by molar-refractivity contribution is 0.0938. The smallest absolute Gasteiger partial charge is 0.253 e. The van der Waals surface area contributed by atoms with Crippen LogP contribution >= 0.6 is 0 Å². The van der Waals surface area contributed by atoms with Gasteiger partial charge in [0.25, 0.3) is 5.91 Å². The summed E-state index contributed by atoms with van der Waals surface area (Å²) in [4.78, 5) is 27.4. The van der Waals surface area contributed by atoms with Crippen LogP contribution in [0.1, 0.15) is 75.9 Å². The highest BCUT2D eigenvalue weighted by atomic mass is 16.2. The van der Waals surface area contributed by atoms with Crippen molar-refractivity contribution in [3.05, 3.63) is 39.5 Å². The topological polar surface area (TPSA) is 79.8 Å². The zero-order valence-electron chi connectivity index (χ0n) is 15.5. The van der Waals surface area contributed by atoms with E-state index >= 15 is 0 Å². The van der Waals surface area contributed by atoms with Gasteiger partial charge in [0.1, 0.15) is 0 Å². The molecule has 6 nitrogen and oxygen atoms in total. The number of nitrogens with zero attached hydrogens (tertiary/aromatic N) is 2. The molecule has 0 aliphatic carbocycles. The number of aryl methyl sites for hydroxylation is 3.